The van der Waals surface area contributed by atoms with Gasteiger partial charge in [0, 0.05) is 0 Å². The number of sulfonamides is 1. The molecule has 1 atom stereocenters. The van der Waals surface area contributed by atoms with Crippen molar-refractivity contribution in [1.29, 1.82) is 0 Å². The SMILES string of the molecule is Cc1ccc(S(=O)(=O)Nc2ccc(OCC(O)CO)cc2C)cc1. The number of hydrogen-bond donors (Lipinski definition) is 3. The molecule has 0 aliphatic rings. The summed E-state index contributed by atoms with van der Waals surface area (Å²) in [5.74, 6) is 0.485. The Bertz CT molecular complexity index is 787. The molecule has 0 heterocycles. The Morgan fingerprint density at radius 3 is 2.38 bits per heavy atom. The summed E-state index contributed by atoms with van der Waals surface area (Å²) in [6, 6.07) is 11.5. The highest BCUT2D eigenvalue weighted by Crippen LogP contribution is 2.24. The van der Waals surface area contributed by atoms with E-state index in [-0.39, 0.29) is 18.1 Å². The highest BCUT2D eigenvalue weighted by atomic mass is 32.2. The largest absolute Gasteiger partial charge is 0.491 e. The zero-order chi connectivity index (χ0) is 17.7. The molecule has 0 saturated carbocycles. The summed E-state index contributed by atoms with van der Waals surface area (Å²) in [7, 11) is -3.66. The molecule has 6 nitrogen and oxygen atoms in total. The molecule has 0 aromatic heterocycles. The van der Waals surface area contributed by atoms with Gasteiger partial charge >= 0.3 is 0 Å². The van der Waals surface area contributed by atoms with Gasteiger partial charge in [0.2, 0.25) is 0 Å². The molecule has 2 rings (SSSR count). The van der Waals surface area contributed by atoms with E-state index in [1.54, 1.807) is 49.4 Å². The molecule has 0 radical (unpaired) electrons. The third-order valence-electron chi connectivity index (χ3n) is 3.43. The van der Waals surface area contributed by atoms with Crippen LogP contribution in [0.4, 0.5) is 5.69 Å². The lowest BCUT2D eigenvalue weighted by Crippen LogP contribution is -2.21. The molecule has 130 valence electrons. The maximum Gasteiger partial charge on any atom is 0.261 e. The summed E-state index contributed by atoms with van der Waals surface area (Å²) >= 11 is 0. The fourth-order valence-corrected chi connectivity index (χ4v) is 3.14. The first-order chi connectivity index (χ1) is 11.3. The quantitative estimate of drug-likeness (QED) is 0.707. The van der Waals surface area contributed by atoms with Crippen LogP contribution in [0.15, 0.2) is 47.4 Å². The Balaban J connectivity index is 2.13. The number of aryl methyl sites for hydroxylation is 2. The van der Waals surface area contributed by atoms with Crippen LogP contribution < -0.4 is 9.46 Å². The van der Waals surface area contributed by atoms with Crippen LogP contribution in [0.3, 0.4) is 0 Å². The first-order valence-corrected chi connectivity index (χ1v) is 8.92. The van der Waals surface area contributed by atoms with Crippen LogP contribution in [-0.2, 0) is 10.0 Å². The highest BCUT2D eigenvalue weighted by Gasteiger charge is 2.15. The molecule has 2 aromatic rings. The molecule has 0 fully saturated rings. The van der Waals surface area contributed by atoms with Crippen molar-refractivity contribution in [2.24, 2.45) is 0 Å². The van der Waals surface area contributed by atoms with E-state index in [1.165, 1.54) is 0 Å². The maximum atomic E-state index is 12.4. The van der Waals surface area contributed by atoms with E-state index >= 15 is 0 Å². The molecule has 1 unspecified atom stereocenters. The third-order valence-corrected chi connectivity index (χ3v) is 4.81. The van der Waals surface area contributed by atoms with E-state index in [1.807, 2.05) is 6.92 Å². The van der Waals surface area contributed by atoms with Gasteiger partial charge in [0.1, 0.15) is 18.5 Å². The smallest absolute Gasteiger partial charge is 0.261 e. The summed E-state index contributed by atoms with van der Waals surface area (Å²) in [5.41, 5.74) is 2.11. The Hall–Kier alpha value is -2.09. The van der Waals surface area contributed by atoms with Crippen LogP contribution in [0, 0.1) is 13.8 Å². The van der Waals surface area contributed by atoms with E-state index < -0.39 is 16.1 Å². The van der Waals surface area contributed by atoms with Crippen LogP contribution in [0.2, 0.25) is 0 Å². The van der Waals surface area contributed by atoms with Gasteiger partial charge in [-0.2, -0.15) is 0 Å². The Labute approximate surface area is 141 Å². The van der Waals surface area contributed by atoms with Gasteiger partial charge in [-0.05, 0) is 49.7 Å². The number of aliphatic hydroxyl groups is 2. The standard InChI is InChI=1S/C17H21NO5S/c1-12-3-6-16(7-4-12)24(21,22)18-17-8-5-15(9-13(17)2)23-11-14(20)10-19/h3-9,14,18-20H,10-11H2,1-2H3. The van der Waals surface area contributed by atoms with Crippen molar-refractivity contribution in [3.63, 3.8) is 0 Å². The van der Waals surface area contributed by atoms with Gasteiger partial charge in [0.25, 0.3) is 10.0 Å². The molecule has 7 heteroatoms. The number of aliphatic hydroxyl groups excluding tert-OH is 2. The first-order valence-electron chi connectivity index (χ1n) is 7.43. The van der Waals surface area contributed by atoms with Crippen molar-refractivity contribution in [3.05, 3.63) is 53.6 Å². The highest BCUT2D eigenvalue weighted by molar-refractivity contribution is 7.92. The van der Waals surface area contributed by atoms with Crippen molar-refractivity contribution in [1.82, 2.24) is 0 Å². The van der Waals surface area contributed by atoms with Crippen LogP contribution in [0.1, 0.15) is 11.1 Å². The summed E-state index contributed by atoms with van der Waals surface area (Å²) in [6.45, 7) is 3.22. The monoisotopic (exact) mass is 351 g/mol. The number of rotatable bonds is 7. The molecule has 0 bridgehead atoms. The molecule has 0 saturated heterocycles. The summed E-state index contributed by atoms with van der Waals surface area (Å²) in [6.07, 6.45) is -0.954. The van der Waals surface area contributed by atoms with Crippen molar-refractivity contribution >= 4 is 15.7 Å². The fourth-order valence-electron chi connectivity index (χ4n) is 2.01. The second-order valence-corrected chi connectivity index (χ2v) is 7.23. The fraction of sp³-hybridized carbons (Fsp3) is 0.294. The first kappa shape index (κ1) is 18.3. The van der Waals surface area contributed by atoms with Gasteiger partial charge in [-0.25, -0.2) is 8.42 Å². The number of benzene rings is 2. The molecule has 2 aromatic carbocycles. The average Bonchev–Trinajstić information content (AvgIpc) is 2.55. The molecule has 24 heavy (non-hydrogen) atoms. The second kappa shape index (κ2) is 7.65. The zero-order valence-electron chi connectivity index (χ0n) is 13.6. The predicted octanol–water partition coefficient (Wildman–Crippen LogP) is 1.84. The van der Waals surface area contributed by atoms with Gasteiger partial charge in [-0.1, -0.05) is 17.7 Å². The molecule has 0 aliphatic carbocycles. The normalized spacial score (nSPS) is 12.7. The molecule has 0 amide bonds. The minimum atomic E-state index is -3.66. The van der Waals surface area contributed by atoms with Crippen molar-refractivity contribution < 1.29 is 23.4 Å². The van der Waals surface area contributed by atoms with Crippen molar-refractivity contribution in [2.45, 2.75) is 24.8 Å². The molecule has 0 aliphatic heterocycles. The summed E-state index contributed by atoms with van der Waals surface area (Å²) in [4.78, 5) is 0.193. The molecular weight excluding hydrogens is 330 g/mol. The minimum Gasteiger partial charge on any atom is -0.491 e. The minimum absolute atomic E-state index is 0.0373. The number of anilines is 1. The molecule has 0 spiro atoms. The Morgan fingerprint density at radius 1 is 1.12 bits per heavy atom. The van der Waals surface area contributed by atoms with Crippen LogP contribution in [-0.4, -0.2) is 37.9 Å². The van der Waals surface area contributed by atoms with Crippen LogP contribution >= 0.6 is 0 Å². The lowest BCUT2D eigenvalue weighted by Gasteiger charge is -2.14. The Kier molecular flexibility index (Phi) is 5.82. The maximum absolute atomic E-state index is 12.4. The van der Waals surface area contributed by atoms with Crippen molar-refractivity contribution in [3.8, 4) is 5.75 Å². The summed E-state index contributed by atoms with van der Waals surface area (Å²) < 4.78 is 32.7. The second-order valence-electron chi connectivity index (χ2n) is 5.54. The summed E-state index contributed by atoms with van der Waals surface area (Å²) in [5, 5.41) is 18.0. The van der Waals surface area contributed by atoms with E-state index in [0.717, 1.165) is 5.56 Å². The van der Waals surface area contributed by atoms with Crippen LogP contribution in [0.25, 0.3) is 0 Å². The lowest BCUT2D eigenvalue weighted by molar-refractivity contribution is 0.0536. The van der Waals surface area contributed by atoms with Gasteiger partial charge in [-0.3, -0.25) is 4.72 Å². The van der Waals surface area contributed by atoms with Gasteiger partial charge in [0.15, 0.2) is 0 Å². The zero-order valence-corrected chi connectivity index (χ0v) is 14.4. The predicted molar refractivity (Wildman–Crippen MR) is 91.8 cm³/mol. The van der Waals surface area contributed by atoms with E-state index in [4.69, 9.17) is 9.84 Å². The molecular formula is C17H21NO5S. The number of ether oxygens (including phenoxy) is 1. The van der Waals surface area contributed by atoms with Gasteiger partial charge in [-0.15, -0.1) is 0 Å². The lowest BCUT2D eigenvalue weighted by atomic mass is 10.2. The van der Waals surface area contributed by atoms with E-state index in [2.05, 4.69) is 4.72 Å². The number of hydrogen-bond acceptors (Lipinski definition) is 5. The number of nitrogens with one attached hydrogen (secondary N) is 1. The van der Waals surface area contributed by atoms with Gasteiger partial charge < -0.3 is 14.9 Å². The van der Waals surface area contributed by atoms with E-state index in [0.29, 0.717) is 17.0 Å². The third kappa shape index (κ3) is 4.70. The van der Waals surface area contributed by atoms with Crippen molar-refractivity contribution in [2.75, 3.05) is 17.9 Å². The molecule has 3 N–H and O–H groups in total. The van der Waals surface area contributed by atoms with Crippen LogP contribution in [0.5, 0.6) is 5.75 Å². The van der Waals surface area contributed by atoms with Gasteiger partial charge in [0.05, 0.1) is 17.2 Å². The topological polar surface area (TPSA) is 95.9 Å². The Morgan fingerprint density at radius 2 is 1.79 bits per heavy atom. The average molecular weight is 351 g/mol. The van der Waals surface area contributed by atoms with E-state index in [9.17, 15) is 13.5 Å².